The lowest BCUT2D eigenvalue weighted by Gasteiger charge is -2.49. The van der Waals surface area contributed by atoms with Crippen LogP contribution in [0.3, 0.4) is 0 Å². The second-order valence-corrected chi connectivity index (χ2v) is 29.5. The average Bonchev–Trinajstić information content (AvgIpc) is 3.46. The van der Waals surface area contributed by atoms with Crippen LogP contribution in [0.5, 0.6) is 0 Å². The first-order chi connectivity index (χ1) is 22.1. The molecule has 3 aliphatic carbocycles. The Hall–Kier alpha value is -0.936. The van der Waals surface area contributed by atoms with Gasteiger partial charge in [-0.3, -0.25) is 0 Å². The second-order valence-electron chi connectivity index (χ2n) is 19.3. The van der Waals surface area contributed by atoms with E-state index in [1.165, 1.54) is 12.7 Å². The Bertz CT molecular complexity index is 1270. The number of carbonyl (C=O) groups excluding carboxylic acids is 1. The van der Waals surface area contributed by atoms with Crippen LogP contribution in [0.4, 0.5) is 0 Å². The molecule has 5 rings (SSSR count). The lowest BCUT2D eigenvalue weighted by atomic mass is 9.63. The minimum Gasteiger partial charge on any atom is -0.491 e. The van der Waals surface area contributed by atoms with Crippen LogP contribution in [0.15, 0.2) is 23.0 Å². The van der Waals surface area contributed by atoms with Crippen LogP contribution in [0.25, 0.3) is 0 Å². The Balaban J connectivity index is 1.73. The minimum atomic E-state index is -2.22. The maximum Gasteiger partial charge on any atom is 0.337 e. The number of aliphatic hydroxyl groups excluding tert-OH is 1. The van der Waals surface area contributed by atoms with E-state index in [4.69, 9.17) is 18.3 Å². The van der Waals surface area contributed by atoms with Gasteiger partial charge in [0, 0.05) is 29.6 Å². The topological polar surface area (TPSA) is 74.2 Å². The van der Waals surface area contributed by atoms with E-state index >= 15 is 0 Å². The summed E-state index contributed by atoms with van der Waals surface area (Å²) >= 11 is 0. The lowest BCUT2D eigenvalue weighted by molar-refractivity contribution is -0.141. The van der Waals surface area contributed by atoms with E-state index < -0.39 is 28.3 Å². The molecule has 1 N–H and O–H groups in total. The summed E-state index contributed by atoms with van der Waals surface area (Å²) in [5.74, 6) is 1.44. The van der Waals surface area contributed by atoms with Gasteiger partial charge in [-0.05, 0) is 85.6 Å². The minimum absolute atomic E-state index is 0.0149. The van der Waals surface area contributed by atoms with Crippen molar-refractivity contribution < 1.29 is 28.2 Å². The number of aliphatic hydroxyl groups is 1. The summed E-state index contributed by atoms with van der Waals surface area (Å²) in [7, 11) is -2.91. The molecule has 274 valence electrons. The lowest BCUT2D eigenvalue weighted by Crippen LogP contribution is -2.52. The molecular weight excluding hydrogens is 633 g/mol. The van der Waals surface area contributed by atoms with Crippen LogP contribution in [-0.2, 0) is 23.1 Å². The fourth-order valence-electron chi connectivity index (χ4n) is 11.4. The van der Waals surface area contributed by atoms with Crippen molar-refractivity contribution in [1.29, 1.82) is 0 Å². The summed E-state index contributed by atoms with van der Waals surface area (Å²) < 4.78 is 28.0. The number of methoxy groups -OCH3 is 1. The highest BCUT2D eigenvalue weighted by molar-refractivity contribution is 6.77. The highest BCUT2D eigenvalue weighted by atomic mass is 28.4. The van der Waals surface area contributed by atoms with Crippen LogP contribution in [0, 0.1) is 47.3 Å². The summed E-state index contributed by atoms with van der Waals surface area (Å²) in [4.78, 5) is 14.0. The van der Waals surface area contributed by atoms with Crippen LogP contribution in [0.1, 0.15) is 109 Å². The monoisotopic (exact) mass is 702 g/mol. The van der Waals surface area contributed by atoms with Gasteiger partial charge in [-0.15, -0.1) is 0 Å². The highest BCUT2D eigenvalue weighted by Crippen LogP contribution is 2.67. The zero-order valence-corrected chi connectivity index (χ0v) is 35.3. The Morgan fingerprint density at radius 1 is 1.00 bits per heavy atom. The Labute approximate surface area is 295 Å². The second kappa shape index (κ2) is 12.9. The molecule has 0 spiro atoms. The number of rotatable bonds is 8. The molecule has 48 heavy (non-hydrogen) atoms. The number of allylic oxidation sites excluding steroid dienone is 1. The van der Waals surface area contributed by atoms with Crippen molar-refractivity contribution in [3.8, 4) is 0 Å². The summed E-state index contributed by atoms with van der Waals surface area (Å²) in [6.07, 6.45) is 4.57. The summed E-state index contributed by atoms with van der Waals surface area (Å²) in [6.45, 7) is 35.2. The third kappa shape index (κ3) is 5.78. The third-order valence-corrected chi connectivity index (χ3v) is 25.5. The first-order valence-corrected chi connectivity index (χ1v) is 24.3. The Morgan fingerprint density at radius 2 is 1.58 bits per heavy atom. The molecule has 6 nitrogen and oxygen atoms in total. The number of hydrogen-bond donors (Lipinski definition) is 1. The number of fused-ring (bicyclic) bond motifs is 8. The van der Waals surface area contributed by atoms with Crippen LogP contribution < -0.4 is 0 Å². The number of carbonyl (C=O) groups is 1. The molecule has 8 heteroatoms. The number of ether oxygens (including phenoxy) is 2. The van der Waals surface area contributed by atoms with E-state index in [-0.39, 0.29) is 64.6 Å². The summed E-state index contributed by atoms with van der Waals surface area (Å²) in [5, 5.41) is 11.3. The molecule has 0 amide bonds. The Morgan fingerprint density at radius 3 is 2.10 bits per heavy atom. The van der Waals surface area contributed by atoms with Gasteiger partial charge < -0.3 is 23.4 Å². The highest BCUT2D eigenvalue weighted by Gasteiger charge is 2.67. The van der Waals surface area contributed by atoms with Gasteiger partial charge in [0.05, 0.1) is 31.0 Å². The Kier molecular flexibility index (Phi) is 10.3. The molecule has 5 aliphatic rings. The van der Waals surface area contributed by atoms with Gasteiger partial charge in [0.25, 0.3) is 0 Å². The van der Waals surface area contributed by atoms with Gasteiger partial charge in [0.15, 0.2) is 8.32 Å². The zero-order chi connectivity index (χ0) is 36.0. The summed E-state index contributed by atoms with van der Waals surface area (Å²) in [6, 6.07) is 0. The van der Waals surface area contributed by atoms with E-state index in [1.54, 1.807) is 0 Å². The first kappa shape index (κ1) is 38.3. The van der Waals surface area contributed by atoms with Gasteiger partial charge >= 0.3 is 5.97 Å². The zero-order valence-electron chi connectivity index (χ0n) is 33.3. The first-order valence-electron chi connectivity index (χ1n) is 19.3. The van der Waals surface area contributed by atoms with E-state index in [9.17, 15) is 9.90 Å². The molecule has 12 atom stereocenters. The smallest absolute Gasteiger partial charge is 0.337 e. The van der Waals surface area contributed by atoms with Crippen molar-refractivity contribution in [1.82, 2.24) is 0 Å². The van der Waals surface area contributed by atoms with Gasteiger partial charge in [0.2, 0.25) is 8.32 Å². The maximum absolute atomic E-state index is 14.0. The SMILES string of the molecule is COC(=O)C1=C2O[C@@](C)(CC[C@H](O)[C@H]2C)[C@@H]2C[C@H]3C(C)=C[C@H]4[C@@H](O[Si](C(C)C)(C(C)C)C(C)C)[C@H](C)[C@@H](O[Si](C)(C)C(C)(C)C)[C@@H]4[C@H]3[C@H]12. The normalized spacial score (nSPS) is 40.0. The molecule has 2 heterocycles. The molecule has 0 aromatic heterocycles. The molecule has 2 bridgehead atoms. The molecule has 2 aliphatic heterocycles. The van der Waals surface area contributed by atoms with Gasteiger partial charge in [-0.25, -0.2) is 4.79 Å². The fourth-order valence-corrected chi connectivity index (χ4v) is 18.5. The molecular formula is C40H70O6Si2. The van der Waals surface area contributed by atoms with Gasteiger partial charge in [-0.1, -0.05) is 87.8 Å². The van der Waals surface area contributed by atoms with E-state index in [0.717, 1.165) is 12.8 Å². The maximum atomic E-state index is 14.0. The average molecular weight is 703 g/mol. The molecule has 3 fully saturated rings. The van der Waals surface area contributed by atoms with Gasteiger partial charge in [-0.2, -0.15) is 0 Å². The molecule has 0 unspecified atom stereocenters. The fraction of sp³-hybridized carbons (Fsp3) is 0.875. The molecule has 0 aromatic carbocycles. The summed E-state index contributed by atoms with van der Waals surface area (Å²) in [5.41, 5.74) is 3.15. The number of esters is 1. The number of hydrogen-bond acceptors (Lipinski definition) is 6. The van der Waals surface area contributed by atoms with E-state index in [0.29, 0.717) is 40.3 Å². The van der Waals surface area contributed by atoms with Crippen molar-refractivity contribution >= 4 is 22.6 Å². The van der Waals surface area contributed by atoms with Crippen molar-refractivity contribution in [2.75, 3.05) is 7.11 Å². The van der Waals surface area contributed by atoms with Crippen LogP contribution in [-0.4, -0.2) is 58.7 Å². The van der Waals surface area contributed by atoms with E-state index in [1.807, 2.05) is 6.92 Å². The molecule has 0 radical (unpaired) electrons. The standard InChI is InChI=1S/C40H70O6Si2/c1-21(2)48(22(3)4,23(5)6)46-35-26(9)37(45-47(15,16)39(10,11)12)32-28(35)19-24(7)27-20-29-33(31(27)32)34(38(42)43-14)36-25(8)30(41)17-18-40(29,13)44-36/h19,21-23,25-33,35,37,41H,17-18,20H2,1-16H3/t25-,26+,27+,28-,29-,30+,31+,32+,33-,35+,37-,40+/m1/s1. The third-order valence-electron chi connectivity index (χ3n) is 14.9. The molecule has 0 aromatic rings. The van der Waals surface area contributed by atoms with Crippen LogP contribution in [0.2, 0.25) is 34.8 Å². The molecule has 2 saturated carbocycles. The van der Waals surface area contributed by atoms with Gasteiger partial charge in [0.1, 0.15) is 11.4 Å². The quantitative estimate of drug-likeness (QED) is 0.154. The largest absolute Gasteiger partial charge is 0.491 e. The van der Waals surface area contributed by atoms with Crippen molar-refractivity contribution in [2.24, 2.45) is 47.3 Å². The molecule has 1 saturated heterocycles. The predicted octanol–water partition coefficient (Wildman–Crippen LogP) is 9.65. The van der Waals surface area contributed by atoms with E-state index in [2.05, 4.69) is 102 Å². The van der Waals surface area contributed by atoms with Crippen molar-refractivity contribution in [3.63, 3.8) is 0 Å². The van der Waals surface area contributed by atoms with Crippen molar-refractivity contribution in [2.45, 2.75) is 168 Å². The van der Waals surface area contributed by atoms with Crippen LogP contribution >= 0.6 is 0 Å². The van der Waals surface area contributed by atoms with Crippen molar-refractivity contribution in [3.05, 3.63) is 23.0 Å². The predicted molar refractivity (Wildman–Crippen MR) is 199 cm³/mol.